The molecular weight excluding hydrogens is 248 g/mol. The average Bonchev–Trinajstić information content (AvgIpc) is 2.26. The predicted octanol–water partition coefficient (Wildman–Crippen LogP) is 0.587. The number of hydrogen-bond donors (Lipinski definition) is 3. The molecule has 0 radical (unpaired) electrons. The van der Waals surface area contributed by atoms with Crippen molar-refractivity contribution in [3.63, 3.8) is 0 Å². The van der Waals surface area contributed by atoms with Crippen molar-refractivity contribution in [2.75, 3.05) is 0 Å². The molecule has 0 heterocycles. The smallest absolute Gasteiger partial charge is 0.325 e. The Balaban J connectivity index is 2.83. The Bertz CT molecular complexity index is 458. The molecule has 0 spiro atoms. The molecule has 0 fully saturated rings. The van der Waals surface area contributed by atoms with Gasteiger partial charge in [-0.25, -0.2) is 8.78 Å². The zero-order valence-electron chi connectivity index (χ0n) is 9.35. The Labute approximate surface area is 101 Å². The van der Waals surface area contributed by atoms with E-state index in [4.69, 9.17) is 5.11 Å². The maximum Gasteiger partial charge on any atom is 0.325 e. The summed E-state index contributed by atoms with van der Waals surface area (Å²) < 4.78 is 25.7. The molecule has 1 aromatic rings. The van der Waals surface area contributed by atoms with Crippen LogP contribution in [0.5, 0.6) is 0 Å². The summed E-state index contributed by atoms with van der Waals surface area (Å²) in [5, 5.41) is 20.1. The van der Waals surface area contributed by atoms with Gasteiger partial charge in [0.2, 0.25) is 0 Å². The van der Waals surface area contributed by atoms with E-state index in [1.54, 1.807) is 0 Å². The maximum absolute atomic E-state index is 12.9. The lowest BCUT2D eigenvalue weighted by Crippen LogP contribution is -2.41. The number of carboxylic acids is 1. The number of aliphatic hydroxyl groups excluding tert-OH is 1. The molecule has 0 saturated heterocycles. The first-order chi connectivity index (χ1) is 8.31. The fourth-order valence-electron chi connectivity index (χ4n) is 1.24. The van der Waals surface area contributed by atoms with Gasteiger partial charge in [0.15, 0.2) is 6.10 Å². The Kier molecular flexibility index (Phi) is 4.33. The van der Waals surface area contributed by atoms with E-state index in [2.05, 4.69) is 0 Å². The first kappa shape index (κ1) is 14.0. The molecule has 1 aromatic carbocycles. The molecule has 0 aliphatic carbocycles. The Hall–Kier alpha value is -2.02. The number of hydrogen-bond acceptors (Lipinski definition) is 3. The van der Waals surface area contributed by atoms with Crippen molar-refractivity contribution in [2.24, 2.45) is 0 Å². The molecule has 0 aliphatic heterocycles. The normalized spacial score (nSPS) is 13.8. The van der Waals surface area contributed by atoms with Crippen LogP contribution < -0.4 is 5.32 Å². The van der Waals surface area contributed by atoms with Crippen LogP contribution in [0.3, 0.4) is 0 Å². The fourth-order valence-corrected chi connectivity index (χ4v) is 1.24. The Morgan fingerprint density at radius 1 is 1.22 bits per heavy atom. The summed E-state index contributed by atoms with van der Waals surface area (Å²) in [6, 6.07) is 0.955. The summed E-state index contributed by atoms with van der Waals surface area (Å²) in [5.41, 5.74) is -0.289. The number of benzene rings is 1. The van der Waals surface area contributed by atoms with Crippen molar-refractivity contribution in [1.29, 1.82) is 0 Å². The Morgan fingerprint density at radius 2 is 1.72 bits per heavy atom. The third kappa shape index (κ3) is 3.49. The number of carboxylic acid groups (broad SMARTS) is 1. The monoisotopic (exact) mass is 259 g/mol. The maximum atomic E-state index is 12.9. The topological polar surface area (TPSA) is 86.6 Å². The highest BCUT2D eigenvalue weighted by molar-refractivity contribution is 5.86. The quantitative estimate of drug-likeness (QED) is 0.738. The molecule has 18 heavy (non-hydrogen) atoms. The van der Waals surface area contributed by atoms with Crippen molar-refractivity contribution in [1.82, 2.24) is 5.32 Å². The van der Waals surface area contributed by atoms with Gasteiger partial charge in [-0.3, -0.25) is 9.59 Å². The van der Waals surface area contributed by atoms with Gasteiger partial charge in [-0.15, -0.1) is 0 Å². The molecule has 0 aromatic heterocycles. The minimum Gasteiger partial charge on any atom is -0.480 e. The second-order valence-corrected chi connectivity index (χ2v) is 3.67. The van der Waals surface area contributed by atoms with Gasteiger partial charge >= 0.3 is 5.97 Å². The summed E-state index contributed by atoms with van der Waals surface area (Å²) in [7, 11) is 0. The fraction of sp³-hybridized carbons (Fsp3) is 0.273. The lowest BCUT2D eigenvalue weighted by atomic mass is 10.1. The molecule has 0 bridgehead atoms. The van der Waals surface area contributed by atoms with Crippen molar-refractivity contribution in [3.8, 4) is 0 Å². The van der Waals surface area contributed by atoms with Crippen molar-refractivity contribution in [3.05, 3.63) is 35.4 Å². The van der Waals surface area contributed by atoms with E-state index in [-0.39, 0.29) is 5.56 Å². The lowest BCUT2D eigenvalue weighted by Gasteiger charge is -2.14. The van der Waals surface area contributed by atoms with E-state index in [0.717, 1.165) is 12.1 Å². The standard InChI is InChI=1S/C11H11F2NO4/c1-5(11(17)18)14-10(16)9(15)6-2-7(12)4-8(13)3-6/h2-5,9,15H,1H3,(H,14,16)(H,17,18)/t5-,9-/m0/s1. The van der Waals surface area contributed by atoms with Crippen LogP contribution in [0.2, 0.25) is 0 Å². The second kappa shape index (κ2) is 5.54. The molecule has 5 nitrogen and oxygen atoms in total. The number of aliphatic carboxylic acids is 1. The molecule has 3 N–H and O–H groups in total. The SMILES string of the molecule is C[C@H](NC(=O)[C@@H](O)c1cc(F)cc(F)c1)C(=O)O. The van der Waals surface area contributed by atoms with Crippen LogP contribution in [0.25, 0.3) is 0 Å². The molecule has 1 rings (SSSR count). The molecule has 1 amide bonds. The van der Waals surface area contributed by atoms with Crippen LogP contribution in [-0.4, -0.2) is 28.1 Å². The Morgan fingerprint density at radius 3 is 2.17 bits per heavy atom. The van der Waals surface area contributed by atoms with Crippen LogP contribution in [-0.2, 0) is 9.59 Å². The minimum absolute atomic E-state index is 0.289. The summed E-state index contributed by atoms with van der Waals surface area (Å²) in [4.78, 5) is 21.9. The zero-order chi connectivity index (χ0) is 13.9. The first-order valence-corrected chi connectivity index (χ1v) is 4.98. The highest BCUT2D eigenvalue weighted by Crippen LogP contribution is 2.16. The lowest BCUT2D eigenvalue weighted by molar-refractivity contribution is -0.142. The number of nitrogens with one attached hydrogen (secondary N) is 1. The van der Waals surface area contributed by atoms with E-state index < -0.39 is 35.7 Å². The molecule has 98 valence electrons. The third-order valence-corrected chi connectivity index (χ3v) is 2.18. The second-order valence-electron chi connectivity index (χ2n) is 3.67. The number of rotatable bonds is 4. The number of halogens is 2. The number of carbonyl (C=O) groups excluding carboxylic acids is 1. The number of aliphatic hydroxyl groups is 1. The van der Waals surface area contributed by atoms with Crippen molar-refractivity contribution >= 4 is 11.9 Å². The molecular formula is C11H11F2NO4. The minimum atomic E-state index is -1.84. The molecule has 7 heteroatoms. The van der Waals surface area contributed by atoms with Gasteiger partial charge in [-0.05, 0) is 24.6 Å². The van der Waals surface area contributed by atoms with Crippen LogP contribution in [0.4, 0.5) is 8.78 Å². The number of carbonyl (C=O) groups is 2. The van der Waals surface area contributed by atoms with Crippen LogP contribution in [0.15, 0.2) is 18.2 Å². The molecule has 2 atom stereocenters. The van der Waals surface area contributed by atoms with Gasteiger partial charge in [0.25, 0.3) is 5.91 Å². The van der Waals surface area contributed by atoms with E-state index in [0.29, 0.717) is 6.07 Å². The van der Waals surface area contributed by atoms with Crippen LogP contribution in [0, 0.1) is 11.6 Å². The summed E-state index contributed by atoms with van der Waals surface area (Å²) >= 11 is 0. The van der Waals surface area contributed by atoms with E-state index >= 15 is 0 Å². The molecule has 0 saturated carbocycles. The van der Waals surface area contributed by atoms with Crippen molar-refractivity contribution < 1.29 is 28.6 Å². The van der Waals surface area contributed by atoms with Crippen molar-refractivity contribution in [2.45, 2.75) is 19.1 Å². The summed E-state index contributed by atoms with van der Waals surface area (Å²) in [6.07, 6.45) is -1.84. The third-order valence-electron chi connectivity index (χ3n) is 2.18. The highest BCUT2D eigenvalue weighted by Gasteiger charge is 2.22. The van der Waals surface area contributed by atoms with Crippen LogP contribution >= 0.6 is 0 Å². The molecule has 0 aliphatic rings. The van der Waals surface area contributed by atoms with Gasteiger partial charge in [0.1, 0.15) is 17.7 Å². The largest absolute Gasteiger partial charge is 0.480 e. The van der Waals surface area contributed by atoms with Gasteiger partial charge in [-0.1, -0.05) is 0 Å². The van der Waals surface area contributed by atoms with Crippen LogP contribution in [0.1, 0.15) is 18.6 Å². The van der Waals surface area contributed by atoms with Gasteiger partial charge < -0.3 is 15.5 Å². The highest BCUT2D eigenvalue weighted by atomic mass is 19.1. The van der Waals surface area contributed by atoms with Gasteiger partial charge in [-0.2, -0.15) is 0 Å². The predicted molar refractivity (Wildman–Crippen MR) is 56.6 cm³/mol. The number of amides is 1. The van der Waals surface area contributed by atoms with E-state index in [1.165, 1.54) is 6.92 Å². The average molecular weight is 259 g/mol. The van der Waals surface area contributed by atoms with E-state index in [1.807, 2.05) is 5.32 Å². The van der Waals surface area contributed by atoms with Gasteiger partial charge in [0, 0.05) is 6.07 Å². The first-order valence-electron chi connectivity index (χ1n) is 4.98. The van der Waals surface area contributed by atoms with E-state index in [9.17, 15) is 23.5 Å². The molecule has 0 unspecified atom stereocenters. The van der Waals surface area contributed by atoms with Gasteiger partial charge in [0.05, 0.1) is 0 Å². The summed E-state index contributed by atoms with van der Waals surface area (Å²) in [5.74, 6) is -4.22. The zero-order valence-corrected chi connectivity index (χ0v) is 9.35. The summed E-state index contributed by atoms with van der Waals surface area (Å²) in [6.45, 7) is 1.19.